The molecule has 0 fully saturated rings. The highest BCUT2D eigenvalue weighted by Gasteiger charge is 2.19. The van der Waals surface area contributed by atoms with E-state index in [0.717, 1.165) is 11.3 Å². The molecule has 2 rings (SSSR count). The van der Waals surface area contributed by atoms with Gasteiger partial charge in [-0.1, -0.05) is 41.9 Å². The number of hydrogen-bond acceptors (Lipinski definition) is 2. The molecule has 0 saturated heterocycles. The van der Waals surface area contributed by atoms with Crippen LogP contribution in [0.25, 0.3) is 11.3 Å². The van der Waals surface area contributed by atoms with Crippen molar-refractivity contribution in [1.82, 2.24) is 9.78 Å². The van der Waals surface area contributed by atoms with Crippen LogP contribution in [0.1, 0.15) is 18.6 Å². The number of halogens is 1. The van der Waals surface area contributed by atoms with Gasteiger partial charge in [-0.15, -0.1) is 0 Å². The van der Waals surface area contributed by atoms with Crippen molar-refractivity contribution in [2.45, 2.75) is 13.0 Å². The maximum absolute atomic E-state index is 9.72. The van der Waals surface area contributed by atoms with Gasteiger partial charge in [0.1, 0.15) is 5.15 Å². The van der Waals surface area contributed by atoms with Gasteiger partial charge in [0.2, 0.25) is 0 Å². The number of aryl methyl sites for hydroxylation is 1. The van der Waals surface area contributed by atoms with E-state index in [1.54, 1.807) is 18.7 Å². The molecule has 0 unspecified atom stereocenters. The Balaban J connectivity index is 2.62. The quantitative estimate of drug-likeness (QED) is 0.871. The van der Waals surface area contributed by atoms with Crippen LogP contribution in [-0.2, 0) is 7.05 Å². The van der Waals surface area contributed by atoms with E-state index in [1.807, 2.05) is 30.3 Å². The topological polar surface area (TPSA) is 38.1 Å². The fourth-order valence-electron chi connectivity index (χ4n) is 1.70. The fraction of sp³-hybridized carbons (Fsp3) is 0.250. The molecule has 4 heteroatoms. The summed E-state index contributed by atoms with van der Waals surface area (Å²) in [4.78, 5) is 0. The number of nitrogens with zero attached hydrogens (tertiary/aromatic N) is 2. The summed E-state index contributed by atoms with van der Waals surface area (Å²) in [6.07, 6.45) is -0.628. The summed E-state index contributed by atoms with van der Waals surface area (Å²) in [5.74, 6) is 0. The van der Waals surface area contributed by atoms with Crippen molar-refractivity contribution in [3.63, 3.8) is 0 Å². The molecule has 0 bridgehead atoms. The number of aliphatic hydroxyl groups is 1. The highest BCUT2D eigenvalue weighted by Crippen LogP contribution is 2.32. The molecular formula is C12H13ClN2O. The van der Waals surface area contributed by atoms with Gasteiger partial charge in [0.05, 0.1) is 11.8 Å². The van der Waals surface area contributed by atoms with Crippen molar-refractivity contribution in [2.75, 3.05) is 0 Å². The monoisotopic (exact) mass is 236 g/mol. The Morgan fingerprint density at radius 2 is 1.94 bits per heavy atom. The second-order valence-corrected chi connectivity index (χ2v) is 4.08. The molecular weight excluding hydrogens is 224 g/mol. The Kier molecular flexibility index (Phi) is 2.99. The van der Waals surface area contributed by atoms with E-state index in [4.69, 9.17) is 11.6 Å². The van der Waals surface area contributed by atoms with E-state index in [1.165, 1.54) is 0 Å². The van der Waals surface area contributed by atoms with Gasteiger partial charge in [0.25, 0.3) is 0 Å². The predicted molar refractivity (Wildman–Crippen MR) is 64.3 cm³/mol. The summed E-state index contributed by atoms with van der Waals surface area (Å²) >= 11 is 6.10. The van der Waals surface area contributed by atoms with Gasteiger partial charge >= 0.3 is 0 Å². The molecule has 1 aromatic heterocycles. The molecule has 1 heterocycles. The first-order valence-corrected chi connectivity index (χ1v) is 5.45. The van der Waals surface area contributed by atoms with Crippen molar-refractivity contribution in [1.29, 1.82) is 0 Å². The van der Waals surface area contributed by atoms with Crippen molar-refractivity contribution in [3.8, 4) is 11.3 Å². The van der Waals surface area contributed by atoms with Crippen LogP contribution in [0.15, 0.2) is 30.3 Å². The van der Waals surface area contributed by atoms with Crippen molar-refractivity contribution in [3.05, 3.63) is 41.0 Å². The Morgan fingerprint density at radius 3 is 2.50 bits per heavy atom. The standard InChI is InChI=1S/C12H13ClN2O/c1-8(16)10-11(14-15(2)12(10)13)9-6-4-3-5-7-9/h3-8,16H,1-2H3/t8-/m1/s1. The maximum Gasteiger partial charge on any atom is 0.133 e. The lowest BCUT2D eigenvalue weighted by molar-refractivity contribution is 0.200. The van der Waals surface area contributed by atoms with E-state index in [2.05, 4.69) is 5.10 Å². The maximum atomic E-state index is 9.72. The summed E-state index contributed by atoms with van der Waals surface area (Å²) in [5, 5.41) is 14.5. The van der Waals surface area contributed by atoms with Crippen LogP contribution in [0.5, 0.6) is 0 Å². The zero-order chi connectivity index (χ0) is 11.7. The van der Waals surface area contributed by atoms with Crippen LogP contribution in [-0.4, -0.2) is 14.9 Å². The minimum Gasteiger partial charge on any atom is -0.389 e. The lowest BCUT2D eigenvalue weighted by Crippen LogP contribution is -1.93. The summed E-state index contributed by atoms with van der Waals surface area (Å²) in [7, 11) is 1.76. The summed E-state index contributed by atoms with van der Waals surface area (Å²) < 4.78 is 1.58. The molecule has 1 N–H and O–H groups in total. The van der Waals surface area contributed by atoms with Gasteiger partial charge in [0, 0.05) is 18.2 Å². The molecule has 0 aliphatic rings. The lowest BCUT2D eigenvalue weighted by Gasteiger charge is -2.05. The Morgan fingerprint density at radius 1 is 1.31 bits per heavy atom. The molecule has 1 atom stereocenters. The zero-order valence-corrected chi connectivity index (χ0v) is 9.94. The molecule has 0 saturated carbocycles. The van der Waals surface area contributed by atoms with Crippen LogP contribution in [0, 0.1) is 0 Å². The van der Waals surface area contributed by atoms with Crippen molar-refractivity contribution < 1.29 is 5.11 Å². The van der Waals surface area contributed by atoms with Crippen molar-refractivity contribution in [2.24, 2.45) is 7.05 Å². The average Bonchev–Trinajstić information content (AvgIpc) is 2.57. The third kappa shape index (κ3) is 1.84. The van der Waals surface area contributed by atoms with Gasteiger partial charge in [-0.3, -0.25) is 4.68 Å². The Hall–Kier alpha value is -1.32. The largest absolute Gasteiger partial charge is 0.389 e. The zero-order valence-electron chi connectivity index (χ0n) is 9.18. The second-order valence-electron chi connectivity index (χ2n) is 3.72. The first-order valence-electron chi connectivity index (χ1n) is 5.07. The van der Waals surface area contributed by atoms with Crippen molar-refractivity contribution >= 4 is 11.6 Å². The molecule has 16 heavy (non-hydrogen) atoms. The highest BCUT2D eigenvalue weighted by molar-refractivity contribution is 6.30. The van der Waals surface area contributed by atoms with Crippen LogP contribution in [0.2, 0.25) is 5.15 Å². The van der Waals surface area contributed by atoms with Gasteiger partial charge in [-0.05, 0) is 6.92 Å². The average molecular weight is 237 g/mol. The van der Waals surface area contributed by atoms with Crippen LogP contribution in [0.3, 0.4) is 0 Å². The first kappa shape index (κ1) is 11.2. The molecule has 0 radical (unpaired) electrons. The number of benzene rings is 1. The van der Waals surface area contributed by atoms with Gasteiger partial charge in [0.15, 0.2) is 0 Å². The van der Waals surface area contributed by atoms with E-state index in [0.29, 0.717) is 10.7 Å². The van der Waals surface area contributed by atoms with Crippen LogP contribution >= 0.6 is 11.6 Å². The van der Waals surface area contributed by atoms with Gasteiger partial charge in [-0.25, -0.2) is 0 Å². The van der Waals surface area contributed by atoms with E-state index >= 15 is 0 Å². The lowest BCUT2D eigenvalue weighted by atomic mass is 10.1. The molecule has 0 aliphatic carbocycles. The molecule has 0 amide bonds. The van der Waals surface area contributed by atoms with Gasteiger partial charge < -0.3 is 5.11 Å². The predicted octanol–water partition coefficient (Wildman–Crippen LogP) is 2.79. The van der Waals surface area contributed by atoms with Gasteiger partial charge in [-0.2, -0.15) is 5.10 Å². The Bertz CT molecular complexity index is 491. The number of hydrogen-bond donors (Lipinski definition) is 1. The van der Waals surface area contributed by atoms with E-state index in [-0.39, 0.29) is 0 Å². The Labute approximate surface area is 99.3 Å². The minimum atomic E-state index is -0.628. The molecule has 2 aromatic rings. The third-order valence-corrected chi connectivity index (χ3v) is 2.92. The smallest absolute Gasteiger partial charge is 0.133 e. The fourth-order valence-corrected chi connectivity index (χ4v) is 1.98. The number of aromatic nitrogens is 2. The minimum absolute atomic E-state index is 0.480. The molecule has 1 aromatic carbocycles. The molecule has 84 valence electrons. The highest BCUT2D eigenvalue weighted by atomic mass is 35.5. The normalized spacial score (nSPS) is 12.8. The molecule has 3 nitrogen and oxygen atoms in total. The number of rotatable bonds is 2. The summed E-state index contributed by atoms with van der Waals surface area (Å²) in [6.45, 7) is 1.69. The third-order valence-electron chi connectivity index (χ3n) is 2.48. The van der Waals surface area contributed by atoms with E-state index < -0.39 is 6.10 Å². The second kappa shape index (κ2) is 4.28. The van der Waals surface area contributed by atoms with Crippen LogP contribution in [0.4, 0.5) is 0 Å². The van der Waals surface area contributed by atoms with E-state index in [9.17, 15) is 5.11 Å². The summed E-state index contributed by atoms with van der Waals surface area (Å²) in [5.41, 5.74) is 2.37. The summed E-state index contributed by atoms with van der Waals surface area (Å²) in [6, 6.07) is 9.71. The SMILES string of the molecule is C[C@@H](O)c1c(-c2ccccc2)nn(C)c1Cl. The number of aliphatic hydroxyl groups excluding tert-OH is 1. The van der Waals surface area contributed by atoms with Crippen LogP contribution < -0.4 is 0 Å². The first-order chi connectivity index (χ1) is 7.61. The molecule has 0 aliphatic heterocycles. The molecule has 0 spiro atoms.